The van der Waals surface area contributed by atoms with Crippen molar-refractivity contribution in [2.75, 3.05) is 18.9 Å². The zero-order valence-electron chi connectivity index (χ0n) is 10.2. The van der Waals surface area contributed by atoms with Crippen LogP contribution in [0.5, 0.6) is 0 Å². The van der Waals surface area contributed by atoms with Gasteiger partial charge in [0.15, 0.2) is 0 Å². The highest BCUT2D eigenvalue weighted by Crippen LogP contribution is 2.04. The van der Waals surface area contributed by atoms with Gasteiger partial charge in [-0.2, -0.15) is 0 Å². The molecule has 2 N–H and O–H groups in total. The van der Waals surface area contributed by atoms with E-state index in [-0.39, 0.29) is 17.9 Å². The van der Waals surface area contributed by atoms with Gasteiger partial charge in [-0.15, -0.1) is 0 Å². The Morgan fingerprint density at radius 3 is 2.53 bits per heavy atom. The molecule has 0 aliphatic carbocycles. The standard InChI is InChI=1S/C11H25NO2S/c1-4-7-12-11(6-8-13)9-15(14)10(3)5-2/h10-13H,4-9H2,1-3H3. The Balaban J connectivity index is 3.97. The van der Waals surface area contributed by atoms with Crippen LogP contribution in [-0.4, -0.2) is 39.5 Å². The quantitative estimate of drug-likeness (QED) is 0.633. The molecule has 0 rings (SSSR count). The van der Waals surface area contributed by atoms with E-state index in [1.807, 2.05) is 6.92 Å². The molecule has 0 aromatic heterocycles. The fourth-order valence-corrected chi connectivity index (χ4v) is 2.68. The lowest BCUT2D eigenvalue weighted by molar-refractivity contribution is 0.270. The highest BCUT2D eigenvalue weighted by atomic mass is 32.2. The van der Waals surface area contributed by atoms with E-state index >= 15 is 0 Å². The van der Waals surface area contributed by atoms with Crippen LogP contribution in [-0.2, 0) is 10.8 Å². The van der Waals surface area contributed by atoms with E-state index in [9.17, 15) is 4.21 Å². The molecule has 0 spiro atoms. The van der Waals surface area contributed by atoms with Gasteiger partial charge in [0.25, 0.3) is 0 Å². The van der Waals surface area contributed by atoms with Crippen molar-refractivity contribution in [3.05, 3.63) is 0 Å². The minimum absolute atomic E-state index is 0.166. The third-order valence-electron chi connectivity index (χ3n) is 2.55. The van der Waals surface area contributed by atoms with Crippen LogP contribution in [0.4, 0.5) is 0 Å². The van der Waals surface area contributed by atoms with E-state index in [0.717, 1.165) is 19.4 Å². The molecule has 0 radical (unpaired) electrons. The molecular weight excluding hydrogens is 210 g/mol. The molecule has 0 saturated carbocycles. The molecule has 3 atom stereocenters. The first-order valence-corrected chi connectivity index (χ1v) is 7.25. The summed E-state index contributed by atoms with van der Waals surface area (Å²) in [6, 6.07) is 0.199. The van der Waals surface area contributed by atoms with Gasteiger partial charge in [-0.25, -0.2) is 0 Å². The van der Waals surface area contributed by atoms with Crippen LogP contribution in [0.1, 0.15) is 40.0 Å². The summed E-state index contributed by atoms with van der Waals surface area (Å²) in [5.74, 6) is 0.662. The predicted octanol–water partition coefficient (Wildman–Crippen LogP) is 1.28. The van der Waals surface area contributed by atoms with Gasteiger partial charge < -0.3 is 10.4 Å². The van der Waals surface area contributed by atoms with Gasteiger partial charge in [0.05, 0.1) is 0 Å². The summed E-state index contributed by atoms with van der Waals surface area (Å²) >= 11 is 0. The largest absolute Gasteiger partial charge is 0.396 e. The number of hydrogen-bond acceptors (Lipinski definition) is 3. The molecule has 0 heterocycles. The van der Waals surface area contributed by atoms with Crippen molar-refractivity contribution < 1.29 is 9.32 Å². The minimum Gasteiger partial charge on any atom is -0.396 e. The van der Waals surface area contributed by atoms with Crippen molar-refractivity contribution in [2.24, 2.45) is 0 Å². The van der Waals surface area contributed by atoms with Crippen molar-refractivity contribution in [2.45, 2.75) is 51.3 Å². The average Bonchev–Trinajstić information content (AvgIpc) is 2.24. The second-order valence-corrected chi connectivity index (χ2v) is 5.83. The van der Waals surface area contributed by atoms with Crippen LogP contribution < -0.4 is 5.32 Å². The number of aliphatic hydroxyl groups is 1. The fourth-order valence-electron chi connectivity index (χ4n) is 1.30. The Labute approximate surface area is 96.1 Å². The van der Waals surface area contributed by atoms with Crippen molar-refractivity contribution in [1.29, 1.82) is 0 Å². The number of aliphatic hydroxyl groups excluding tert-OH is 1. The normalized spacial score (nSPS) is 17.3. The maximum absolute atomic E-state index is 11.8. The van der Waals surface area contributed by atoms with Crippen LogP contribution in [0.15, 0.2) is 0 Å². The highest BCUT2D eigenvalue weighted by Gasteiger charge is 2.15. The summed E-state index contributed by atoms with van der Waals surface area (Å²) in [4.78, 5) is 0. The van der Waals surface area contributed by atoms with Gasteiger partial charge in [-0.1, -0.05) is 20.8 Å². The van der Waals surface area contributed by atoms with E-state index in [0.29, 0.717) is 12.2 Å². The molecule has 0 amide bonds. The lowest BCUT2D eigenvalue weighted by Gasteiger charge is -2.19. The molecule has 0 aromatic rings. The van der Waals surface area contributed by atoms with E-state index in [1.165, 1.54) is 0 Å². The first-order chi connectivity index (χ1) is 7.15. The summed E-state index contributed by atoms with van der Waals surface area (Å²) in [6.45, 7) is 7.28. The Morgan fingerprint density at radius 1 is 1.40 bits per heavy atom. The number of rotatable bonds is 9. The zero-order valence-corrected chi connectivity index (χ0v) is 11.0. The summed E-state index contributed by atoms with van der Waals surface area (Å²) in [7, 11) is -0.773. The smallest absolute Gasteiger partial charge is 0.0446 e. The van der Waals surface area contributed by atoms with Crippen LogP contribution in [0.25, 0.3) is 0 Å². The van der Waals surface area contributed by atoms with E-state index < -0.39 is 10.8 Å². The summed E-state index contributed by atoms with van der Waals surface area (Å²) < 4.78 is 11.8. The monoisotopic (exact) mass is 235 g/mol. The van der Waals surface area contributed by atoms with Gasteiger partial charge >= 0.3 is 0 Å². The summed E-state index contributed by atoms with van der Waals surface area (Å²) in [6.07, 6.45) is 2.71. The Hall–Kier alpha value is 0.0700. The first kappa shape index (κ1) is 15.1. The van der Waals surface area contributed by atoms with Crippen LogP contribution in [0, 0.1) is 0 Å². The van der Waals surface area contributed by atoms with E-state index in [1.54, 1.807) is 0 Å². The molecule has 4 heteroatoms. The summed E-state index contributed by atoms with van der Waals surface area (Å²) in [5, 5.41) is 12.5. The molecule has 0 fully saturated rings. The van der Waals surface area contributed by atoms with Crippen LogP contribution in [0.2, 0.25) is 0 Å². The topological polar surface area (TPSA) is 49.3 Å². The molecule has 0 aliphatic heterocycles. The van der Waals surface area contributed by atoms with Gasteiger partial charge in [-0.3, -0.25) is 4.21 Å². The Kier molecular flexibility index (Phi) is 9.35. The molecular formula is C11H25NO2S. The molecule has 92 valence electrons. The molecule has 0 aliphatic rings. The van der Waals surface area contributed by atoms with Crippen LogP contribution >= 0.6 is 0 Å². The SMILES string of the molecule is CCCNC(CCO)CS(=O)C(C)CC. The van der Waals surface area contributed by atoms with Gasteiger partial charge in [0.2, 0.25) is 0 Å². The summed E-state index contributed by atoms with van der Waals surface area (Å²) in [5.41, 5.74) is 0. The van der Waals surface area contributed by atoms with Gasteiger partial charge in [0.1, 0.15) is 0 Å². The third kappa shape index (κ3) is 7.03. The maximum Gasteiger partial charge on any atom is 0.0446 e. The van der Waals surface area contributed by atoms with E-state index in [4.69, 9.17) is 5.11 Å². The lowest BCUT2D eigenvalue weighted by Crippen LogP contribution is -2.37. The van der Waals surface area contributed by atoms with E-state index in [2.05, 4.69) is 19.2 Å². The number of nitrogens with one attached hydrogen (secondary N) is 1. The Bertz CT molecular complexity index is 176. The zero-order chi connectivity index (χ0) is 11.7. The predicted molar refractivity (Wildman–Crippen MR) is 66.5 cm³/mol. The molecule has 0 aromatic carbocycles. The second kappa shape index (κ2) is 9.31. The van der Waals surface area contributed by atoms with Crippen molar-refractivity contribution >= 4 is 10.8 Å². The first-order valence-electron chi connectivity index (χ1n) is 5.87. The van der Waals surface area contributed by atoms with Gasteiger partial charge in [0, 0.05) is 34.5 Å². The average molecular weight is 235 g/mol. The maximum atomic E-state index is 11.8. The fraction of sp³-hybridized carbons (Fsp3) is 1.00. The third-order valence-corrected chi connectivity index (χ3v) is 4.51. The van der Waals surface area contributed by atoms with Crippen LogP contribution in [0.3, 0.4) is 0 Å². The molecule has 15 heavy (non-hydrogen) atoms. The molecule has 0 bridgehead atoms. The molecule has 0 saturated heterocycles. The van der Waals surface area contributed by atoms with Crippen molar-refractivity contribution in [3.63, 3.8) is 0 Å². The second-order valence-electron chi connectivity index (χ2n) is 3.93. The molecule has 3 nitrogen and oxygen atoms in total. The number of hydrogen-bond donors (Lipinski definition) is 2. The Morgan fingerprint density at radius 2 is 2.07 bits per heavy atom. The molecule has 3 unspecified atom stereocenters. The van der Waals surface area contributed by atoms with Crippen molar-refractivity contribution in [1.82, 2.24) is 5.32 Å². The van der Waals surface area contributed by atoms with Crippen molar-refractivity contribution in [3.8, 4) is 0 Å². The highest BCUT2D eigenvalue weighted by molar-refractivity contribution is 7.85. The van der Waals surface area contributed by atoms with Gasteiger partial charge in [-0.05, 0) is 25.8 Å². The lowest BCUT2D eigenvalue weighted by atomic mass is 10.2. The minimum atomic E-state index is -0.773.